The van der Waals surface area contributed by atoms with E-state index in [9.17, 15) is 9.59 Å². The number of carbonyl (C=O) groups is 2. The highest BCUT2D eigenvalue weighted by atomic mass is 16.1. The molecule has 1 N–H and O–H groups in total. The fraction of sp³-hybridized carbons (Fsp3) is 0.389. The van der Waals surface area contributed by atoms with Crippen molar-refractivity contribution in [2.24, 2.45) is 0 Å². The van der Waals surface area contributed by atoms with Crippen LogP contribution in [-0.2, 0) is 6.67 Å². The first-order valence-electron chi connectivity index (χ1n) is 9.13. The average Bonchev–Trinajstić information content (AvgIpc) is 3.46. The third-order valence-electron chi connectivity index (χ3n) is 5.20. The van der Waals surface area contributed by atoms with Crippen molar-refractivity contribution in [2.45, 2.75) is 6.67 Å². The lowest BCUT2D eigenvalue weighted by Crippen LogP contribution is -2.55. The van der Waals surface area contributed by atoms with Gasteiger partial charge in [-0.3, -0.25) is 14.5 Å². The minimum Gasteiger partial charge on any atom is -0.365 e. The molecule has 3 aliphatic rings. The summed E-state index contributed by atoms with van der Waals surface area (Å²) in [6.07, 6.45) is 3.25. The van der Waals surface area contributed by atoms with Crippen molar-refractivity contribution in [1.29, 1.82) is 0 Å². The summed E-state index contributed by atoms with van der Waals surface area (Å²) in [4.78, 5) is 35.9. The number of hydrogen-bond donors (Lipinski definition) is 1. The number of nitrogens with zero attached hydrogens (tertiary/aromatic N) is 6. The summed E-state index contributed by atoms with van der Waals surface area (Å²) in [7, 11) is 0. The second-order valence-electron chi connectivity index (χ2n) is 6.98. The second-order valence-corrected chi connectivity index (χ2v) is 6.98. The number of aromatic nitrogens is 4. The van der Waals surface area contributed by atoms with Gasteiger partial charge in [0.1, 0.15) is 5.82 Å². The SMILES string of the molecule is O=C1C(N2CC2)=CC(=O)c2c1n[nH][n+]2CN1CCN(c2ccccn2)CC1. The predicted molar refractivity (Wildman–Crippen MR) is 95.1 cm³/mol. The smallest absolute Gasteiger partial charge is 0.302 e. The van der Waals surface area contributed by atoms with Gasteiger partial charge in [-0.25, -0.2) is 4.98 Å². The van der Waals surface area contributed by atoms with Gasteiger partial charge in [0.05, 0.1) is 10.8 Å². The fourth-order valence-corrected chi connectivity index (χ4v) is 3.62. The van der Waals surface area contributed by atoms with Crippen molar-refractivity contribution in [1.82, 2.24) is 25.1 Å². The molecule has 0 amide bonds. The number of H-pyrrole nitrogens is 1. The van der Waals surface area contributed by atoms with Gasteiger partial charge in [0.25, 0.3) is 11.5 Å². The number of anilines is 1. The molecule has 5 rings (SSSR count). The van der Waals surface area contributed by atoms with Gasteiger partial charge in [0.2, 0.25) is 5.78 Å². The maximum absolute atomic E-state index is 12.6. The molecule has 4 heterocycles. The number of aromatic amines is 1. The van der Waals surface area contributed by atoms with Crippen LogP contribution in [0.15, 0.2) is 36.2 Å². The first kappa shape index (κ1) is 16.1. The largest absolute Gasteiger partial charge is 0.365 e. The Labute approximate surface area is 155 Å². The molecule has 9 nitrogen and oxygen atoms in total. The third kappa shape index (κ3) is 2.89. The number of nitrogens with one attached hydrogen (secondary N) is 1. The zero-order valence-corrected chi connectivity index (χ0v) is 14.8. The number of carbonyl (C=O) groups excluding carboxylic acids is 2. The lowest BCUT2D eigenvalue weighted by atomic mass is 10.0. The van der Waals surface area contributed by atoms with Crippen molar-refractivity contribution >= 4 is 17.4 Å². The van der Waals surface area contributed by atoms with Crippen molar-refractivity contribution < 1.29 is 14.3 Å². The minimum absolute atomic E-state index is 0.160. The lowest BCUT2D eigenvalue weighted by Gasteiger charge is -2.34. The summed E-state index contributed by atoms with van der Waals surface area (Å²) in [6.45, 7) is 5.56. The topological polar surface area (TPSA) is 89.1 Å². The summed E-state index contributed by atoms with van der Waals surface area (Å²) >= 11 is 0. The van der Waals surface area contributed by atoms with E-state index in [0.29, 0.717) is 18.1 Å². The number of Topliss-reactive ketones (excluding diaryl/α,β-unsaturated/α-hetero) is 1. The van der Waals surface area contributed by atoms with E-state index in [1.54, 1.807) is 10.9 Å². The molecule has 0 spiro atoms. The number of rotatable bonds is 4. The Hall–Kier alpha value is -3.07. The zero-order valence-electron chi connectivity index (χ0n) is 14.8. The molecule has 2 aromatic rings. The molecule has 2 aliphatic heterocycles. The normalized spacial score (nSPS) is 19.9. The van der Waals surface area contributed by atoms with Crippen molar-refractivity contribution in [2.75, 3.05) is 44.2 Å². The van der Waals surface area contributed by atoms with Crippen LogP contribution in [0.2, 0.25) is 0 Å². The molecular weight excluding hydrogens is 346 g/mol. The van der Waals surface area contributed by atoms with Gasteiger partial charge < -0.3 is 9.80 Å². The van der Waals surface area contributed by atoms with Gasteiger partial charge in [0, 0.05) is 51.5 Å². The highest BCUT2D eigenvalue weighted by Crippen LogP contribution is 2.24. The summed E-state index contributed by atoms with van der Waals surface area (Å²) < 4.78 is 1.68. The summed E-state index contributed by atoms with van der Waals surface area (Å²) in [5, 5.41) is 6.98. The van der Waals surface area contributed by atoms with E-state index >= 15 is 0 Å². The Balaban J connectivity index is 1.28. The molecule has 0 saturated carbocycles. The van der Waals surface area contributed by atoms with Gasteiger partial charge in [-0.2, -0.15) is 0 Å². The van der Waals surface area contributed by atoms with Crippen LogP contribution >= 0.6 is 0 Å². The Morgan fingerprint density at radius 2 is 1.81 bits per heavy atom. The minimum atomic E-state index is -0.169. The number of hydrogen-bond acceptors (Lipinski definition) is 7. The molecule has 0 unspecified atom stereocenters. The fourth-order valence-electron chi connectivity index (χ4n) is 3.62. The van der Waals surface area contributed by atoms with Crippen LogP contribution in [0.25, 0.3) is 0 Å². The summed E-state index contributed by atoms with van der Waals surface area (Å²) in [5.41, 5.74) is 1.06. The zero-order chi connectivity index (χ0) is 18.4. The summed E-state index contributed by atoms with van der Waals surface area (Å²) in [6, 6.07) is 5.92. The monoisotopic (exact) mass is 366 g/mol. The van der Waals surface area contributed by atoms with E-state index < -0.39 is 0 Å². The first-order chi connectivity index (χ1) is 13.2. The second kappa shape index (κ2) is 6.27. The third-order valence-corrected chi connectivity index (χ3v) is 5.20. The number of fused-ring (bicyclic) bond motifs is 1. The molecular formula is C18H20N7O2+. The molecule has 2 saturated heterocycles. The van der Waals surface area contributed by atoms with Crippen LogP contribution in [0.4, 0.5) is 5.82 Å². The molecule has 9 heteroatoms. The number of pyridine rings is 1. The highest BCUT2D eigenvalue weighted by Gasteiger charge is 2.42. The highest BCUT2D eigenvalue weighted by molar-refractivity contribution is 6.22. The molecule has 0 atom stereocenters. The molecule has 0 aromatic carbocycles. The van der Waals surface area contributed by atoms with Crippen molar-refractivity contribution in [3.8, 4) is 0 Å². The van der Waals surface area contributed by atoms with Gasteiger partial charge in [0.15, 0.2) is 6.67 Å². The Bertz CT molecular complexity index is 924. The van der Waals surface area contributed by atoms with Gasteiger partial charge in [-0.05, 0) is 12.1 Å². The van der Waals surface area contributed by atoms with Crippen LogP contribution in [-0.4, -0.2) is 75.9 Å². The number of allylic oxidation sites excluding steroid dienone is 2. The molecule has 0 radical (unpaired) electrons. The number of ketones is 2. The van der Waals surface area contributed by atoms with Gasteiger partial charge >= 0.3 is 5.69 Å². The van der Waals surface area contributed by atoms with Crippen molar-refractivity contribution in [3.05, 3.63) is 47.6 Å². The van der Waals surface area contributed by atoms with Crippen LogP contribution in [0.5, 0.6) is 0 Å². The Kier molecular flexibility index (Phi) is 3.75. The predicted octanol–water partition coefficient (Wildman–Crippen LogP) is -0.550. The average molecular weight is 366 g/mol. The van der Waals surface area contributed by atoms with Gasteiger partial charge in [-0.1, -0.05) is 11.3 Å². The molecule has 1 aliphatic carbocycles. The van der Waals surface area contributed by atoms with Crippen molar-refractivity contribution in [3.63, 3.8) is 0 Å². The maximum Gasteiger partial charge on any atom is 0.302 e. The Morgan fingerprint density at radius 1 is 1.04 bits per heavy atom. The van der Waals surface area contributed by atoms with E-state index in [0.717, 1.165) is 45.1 Å². The molecule has 27 heavy (non-hydrogen) atoms. The van der Waals surface area contributed by atoms with Crippen LogP contribution < -0.4 is 9.58 Å². The van der Waals surface area contributed by atoms with Crippen LogP contribution in [0.1, 0.15) is 21.0 Å². The van der Waals surface area contributed by atoms with Crippen LogP contribution in [0, 0.1) is 0 Å². The summed E-state index contributed by atoms with van der Waals surface area (Å²) in [5.74, 6) is 0.654. The van der Waals surface area contributed by atoms with E-state index in [-0.39, 0.29) is 17.3 Å². The maximum atomic E-state index is 12.6. The van der Waals surface area contributed by atoms with E-state index in [1.165, 1.54) is 6.08 Å². The quantitative estimate of drug-likeness (QED) is 0.574. The first-order valence-corrected chi connectivity index (χ1v) is 9.13. The molecule has 138 valence electrons. The lowest BCUT2D eigenvalue weighted by molar-refractivity contribution is -0.771. The standard InChI is InChI=1S/C18H19N7O2/c26-14-11-13(23-9-10-23)18(27)16-17(14)25(21-20-16)12-22-5-7-24(8-6-22)15-3-1-2-4-19-15/h1-4,11H,5-10,12H2/p+1. The van der Waals surface area contributed by atoms with E-state index in [1.807, 2.05) is 23.1 Å². The van der Waals surface area contributed by atoms with Gasteiger partial charge in [-0.15, -0.1) is 4.68 Å². The van der Waals surface area contributed by atoms with E-state index in [4.69, 9.17) is 0 Å². The molecule has 0 bridgehead atoms. The Morgan fingerprint density at radius 3 is 2.52 bits per heavy atom. The van der Waals surface area contributed by atoms with E-state index in [2.05, 4.69) is 25.1 Å². The van der Waals surface area contributed by atoms with Crippen LogP contribution in [0.3, 0.4) is 0 Å². The number of piperazine rings is 1. The molecule has 2 fully saturated rings. The molecule has 2 aromatic heterocycles.